The predicted molar refractivity (Wildman–Crippen MR) is 89.8 cm³/mol. The van der Waals surface area contributed by atoms with Crippen LogP contribution in [0.15, 0.2) is 23.3 Å². The van der Waals surface area contributed by atoms with Crippen LogP contribution in [0.5, 0.6) is 0 Å². The Kier molecular flexibility index (Phi) is 4.39. The van der Waals surface area contributed by atoms with Crippen molar-refractivity contribution in [3.63, 3.8) is 0 Å². The van der Waals surface area contributed by atoms with Crippen molar-refractivity contribution in [2.45, 2.75) is 45.8 Å². The lowest BCUT2D eigenvalue weighted by Gasteiger charge is -2.29. The number of hydrogen-bond acceptors (Lipinski definition) is 4. The minimum Gasteiger partial charge on any atom is -0.444 e. The summed E-state index contributed by atoms with van der Waals surface area (Å²) in [4.78, 5) is 30.6. The van der Waals surface area contributed by atoms with E-state index >= 15 is 0 Å². The van der Waals surface area contributed by atoms with Gasteiger partial charge >= 0.3 is 6.09 Å². The highest BCUT2D eigenvalue weighted by atomic mass is 35.5. The fraction of sp³-hybridized carbons (Fsp3) is 0.438. The molecule has 23 heavy (non-hydrogen) atoms. The summed E-state index contributed by atoms with van der Waals surface area (Å²) in [6, 6.07) is 1.61. The Morgan fingerprint density at radius 1 is 1.26 bits per heavy atom. The Morgan fingerprint density at radius 2 is 1.91 bits per heavy atom. The van der Waals surface area contributed by atoms with Gasteiger partial charge in [0.2, 0.25) is 0 Å². The number of fused-ring (bicyclic) bond motifs is 1. The minimum absolute atomic E-state index is 0.263. The Morgan fingerprint density at radius 3 is 2.52 bits per heavy atom. The average Bonchev–Trinajstić information content (AvgIpc) is 2.35. The van der Waals surface area contributed by atoms with Crippen molar-refractivity contribution in [2.75, 3.05) is 0 Å². The minimum atomic E-state index is -0.782. The van der Waals surface area contributed by atoms with E-state index in [2.05, 4.69) is 15.3 Å². The van der Waals surface area contributed by atoms with Crippen LogP contribution >= 0.6 is 11.6 Å². The van der Waals surface area contributed by atoms with Crippen LogP contribution in [0.1, 0.15) is 40.2 Å². The Bertz CT molecular complexity index is 806. The number of halogens is 1. The number of carbonyl (C=O) groups excluding carboxylic acids is 1. The number of pyridine rings is 2. The molecule has 2 aromatic heterocycles. The van der Waals surface area contributed by atoms with Crippen molar-refractivity contribution in [2.24, 2.45) is 0 Å². The first-order valence-corrected chi connectivity index (χ1v) is 7.56. The van der Waals surface area contributed by atoms with Crippen molar-refractivity contribution in [1.82, 2.24) is 15.3 Å². The normalized spacial score (nSPS) is 12.3. The molecule has 0 spiro atoms. The predicted octanol–water partition coefficient (Wildman–Crippen LogP) is 3.34. The van der Waals surface area contributed by atoms with Crippen LogP contribution in [0.3, 0.4) is 0 Å². The fourth-order valence-corrected chi connectivity index (χ4v) is 2.43. The van der Waals surface area contributed by atoms with Gasteiger partial charge in [0.1, 0.15) is 10.8 Å². The fourth-order valence-electron chi connectivity index (χ4n) is 2.27. The number of aromatic amines is 1. The monoisotopic (exact) mass is 337 g/mol. The van der Waals surface area contributed by atoms with Crippen molar-refractivity contribution in [1.29, 1.82) is 0 Å². The molecule has 0 unspecified atom stereocenters. The van der Waals surface area contributed by atoms with Crippen molar-refractivity contribution >= 4 is 28.5 Å². The van der Waals surface area contributed by atoms with Crippen LogP contribution < -0.4 is 10.9 Å². The molecule has 0 aliphatic carbocycles. The van der Waals surface area contributed by atoms with Gasteiger partial charge < -0.3 is 15.0 Å². The number of aromatic nitrogens is 2. The third kappa shape index (κ3) is 4.01. The highest BCUT2D eigenvalue weighted by molar-refractivity contribution is 6.30. The lowest BCUT2D eigenvalue weighted by Crippen LogP contribution is -2.44. The molecule has 124 valence electrons. The molecule has 0 saturated carbocycles. The molecule has 0 fully saturated rings. The first kappa shape index (κ1) is 17.3. The van der Waals surface area contributed by atoms with Crippen molar-refractivity contribution in [3.8, 4) is 0 Å². The molecule has 0 radical (unpaired) electrons. The molecule has 1 amide bonds. The molecule has 2 rings (SSSR count). The molecule has 0 saturated heterocycles. The van der Waals surface area contributed by atoms with Crippen LogP contribution in [-0.2, 0) is 10.3 Å². The van der Waals surface area contributed by atoms with Crippen LogP contribution in [0.2, 0.25) is 5.15 Å². The van der Waals surface area contributed by atoms with Gasteiger partial charge in [-0.25, -0.2) is 9.78 Å². The van der Waals surface area contributed by atoms with E-state index in [1.54, 1.807) is 33.0 Å². The highest BCUT2D eigenvalue weighted by Crippen LogP contribution is 2.27. The van der Waals surface area contributed by atoms with Gasteiger partial charge in [0.05, 0.1) is 10.9 Å². The lowest BCUT2D eigenvalue weighted by atomic mass is 9.92. The van der Waals surface area contributed by atoms with E-state index < -0.39 is 17.2 Å². The molecular formula is C16H20ClN3O3. The molecule has 7 heteroatoms. The van der Waals surface area contributed by atoms with E-state index in [0.717, 1.165) is 0 Å². The van der Waals surface area contributed by atoms with Gasteiger partial charge in [0.15, 0.2) is 0 Å². The number of nitrogens with one attached hydrogen (secondary N) is 2. The summed E-state index contributed by atoms with van der Waals surface area (Å²) in [6.07, 6.45) is 2.45. The summed E-state index contributed by atoms with van der Waals surface area (Å²) < 4.78 is 5.29. The van der Waals surface area contributed by atoms with Crippen molar-refractivity contribution in [3.05, 3.63) is 39.5 Å². The maximum absolute atomic E-state index is 12.1. The number of amides is 1. The maximum Gasteiger partial charge on any atom is 0.408 e. The highest BCUT2D eigenvalue weighted by Gasteiger charge is 2.28. The zero-order chi connectivity index (χ0) is 17.4. The van der Waals surface area contributed by atoms with Gasteiger partial charge in [-0.05, 0) is 46.1 Å². The topological polar surface area (TPSA) is 84.1 Å². The number of ether oxygens (including phenoxy) is 1. The summed E-state index contributed by atoms with van der Waals surface area (Å²) in [5, 5.41) is 4.13. The Labute approximate surface area is 139 Å². The molecule has 2 N–H and O–H groups in total. The first-order chi connectivity index (χ1) is 10.5. The molecule has 0 atom stereocenters. The van der Waals surface area contributed by atoms with E-state index in [9.17, 15) is 9.59 Å². The number of rotatable bonds is 2. The van der Waals surface area contributed by atoms with Gasteiger partial charge in [0, 0.05) is 18.0 Å². The molecule has 0 bridgehead atoms. The summed E-state index contributed by atoms with van der Waals surface area (Å²) in [6.45, 7) is 9.01. The maximum atomic E-state index is 12.1. The summed E-state index contributed by atoms with van der Waals surface area (Å²) in [5.74, 6) is 0. The van der Waals surface area contributed by atoms with Crippen LogP contribution in [0, 0.1) is 0 Å². The van der Waals surface area contributed by atoms with Gasteiger partial charge in [-0.2, -0.15) is 0 Å². The molecular weight excluding hydrogens is 318 g/mol. The molecule has 0 aliphatic heterocycles. The first-order valence-electron chi connectivity index (χ1n) is 7.18. The number of H-pyrrole nitrogens is 1. The second-order valence-electron chi connectivity index (χ2n) is 6.84. The van der Waals surface area contributed by atoms with Gasteiger partial charge in [-0.15, -0.1) is 0 Å². The van der Waals surface area contributed by atoms with Crippen LogP contribution in [0.25, 0.3) is 10.8 Å². The SMILES string of the molecule is CC(C)(C)OC(=O)NC(C)(C)c1c[nH]c(=O)c2cnc(Cl)cc12. The van der Waals surface area contributed by atoms with E-state index in [-0.39, 0.29) is 10.7 Å². The van der Waals surface area contributed by atoms with Crippen molar-refractivity contribution < 1.29 is 9.53 Å². The number of carbonyl (C=O) groups is 1. The second-order valence-corrected chi connectivity index (χ2v) is 7.22. The zero-order valence-electron chi connectivity index (χ0n) is 13.8. The van der Waals surface area contributed by atoms with Crippen LogP contribution in [-0.4, -0.2) is 21.7 Å². The smallest absolute Gasteiger partial charge is 0.408 e. The molecule has 0 aliphatic rings. The molecule has 0 aromatic carbocycles. The summed E-state index contributed by atoms with van der Waals surface area (Å²) in [7, 11) is 0. The third-order valence-electron chi connectivity index (χ3n) is 3.24. The molecule has 2 aromatic rings. The van der Waals surface area contributed by atoms with Crippen LogP contribution in [0.4, 0.5) is 4.79 Å². The standard InChI is InChI=1S/C16H20ClN3O3/c1-15(2,3)23-14(22)20-16(4,5)11-8-19-13(21)10-7-18-12(17)6-9(10)11/h6-8H,1-5H3,(H,19,21)(H,20,22). The van der Waals surface area contributed by atoms with E-state index in [0.29, 0.717) is 16.3 Å². The van der Waals surface area contributed by atoms with E-state index in [4.69, 9.17) is 16.3 Å². The largest absolute Gasteiger partial charge is 0.444 e. The number of nitrogens with zero attached hydrogens (tertiary/aromatic N) is 1. The zero-order valence-corrected chi connectivity index (χ0v) is 14.5. The van der Waals surface area contributed by atoms with Gasteiger partial charge in [-0.3, -0.25) is 4.79 Å². The third-order valence-corrected chi connectivity index (χ3v) is 3.45. The summed E-state index contributed by atoms with van der Waals surface area (Å²) in [5.41, 5.74) is -0.932. The quantitative estimate of drug-likeness (QED) is 0.823. The van der Waals surface area contributed by atoms with Gasteiger partial charge in [-0.1, -0.05) is 11.6 Å². The molecule has 6 nitrogen and oxygen atoms in total. The number of hydrogen-bond donors (Lipinski definition) is 2. The second kappa shape index (κ2) is 5.85. The summed E-state index contributed by atoms with van der Waals surface area (Å²) >= 11 is 5.95. The lowest BCUT2D eigenvalue weighted by molar-refractivity contribution is 0.0471. The Balaban J connectivity index is 2.46. The van der Waals surface area contributed by atoms with E-state index in [1.165, 1.54) is 6.20 Å². The van der Waals surface area contributed by atoms with Gasteiger partial charge in [0.25, 0.3) is 5.56 Å². The number of alkyl carbamates (subject to hydrolysis) is 1. The Hall–Kier alpha value is -2.08. The van der Waals surface area contributed by atoms with E-state index in [1.807, 2.05) is 13.8 Å². The molecule has 2 heterocycles. The average molecular weight is 338 g/mol.